The molecule has 0 fully saturated rings. The van der Waals surface area contributed by atoms with Crippen molar-refractivity contribution in [3.8, 4) is 17.2 Å². The molecule has 2 aliphatic rings. The van der Waals surface area contributed by atoms with Gasteiger partial charge in [0.15, 0.2) is 4.80 Å². The zero-order valence-corrected chi connectivity index (χ0v) is 21.7. The van der Waals surface area contributed by atoms with Gasteiger partial charge in [0.1, 0.15) is 17.2 Å². The quantitative estimate of drug-likeness (QED) is 0.401. The van der Waals surface area contributed by atoms with Gasteiger partial charge in [-0.25, -0.2) is 4.99 Å². The molecular weight excluding hydrogens is 484 g/mol. The van der Waals surface area contributed by atoms with Crippen LogP contribution in [0, 0.1) is 0 Å². The summed E-state index contributed by atoms with van der Waals surface area (Å²) in [6.07, 6.45) is 3.60. The predicted octanol–water partition coefficient (Wildman–Crippen LogP) is 4.34. The molecule has 0 spiro atoms. The van der Waals surface area contributed by atoms with E-state index in [2.05, 4.69) is 18.2 Å². The summed E-state index contributed by atoms with van der Waals surface area (Å²) in [6, 6.07) is 21.5. The van der Waals surface area contributed by atoms with E-state index in [-0.39, 0.29) is 11.6 Å². The van der Waals surface area contributed by atoms with Gasteiger partial charge in [-0.2, -0.15) is 0 Å². The monoisotopic (exact) mass is 510 g/mol. The Bertz CT molecular complexity index is 1730. The molecule has 0 amide bonds. The number of thiazole rings is 1. The van der Waals surface area contributed by atoms with Crippen molar-refractivity contribution in [1.82, 2.24) is 4.57 Å². The third-order valence-corrected chi connectivity index (χ3v) is 7.98. The van der Waals surface area contributed by atoms with Crippen LogP contribution in [0.25, 0.3) is 11.8 Å². The average Bonchev–Trinajstić information content (AvgIpc) is 3.25. The van der Waals surface area contributed by atoms with E-state index < -0.39 is 0 Å². The second-order valence-electron chi connectivity index (χ2n) is 9.00. The third-order valence-electron chi connectivity index (χ3n) is 7.00. The molecule has 1 aromatic heterocycles. The first-order chi connectivity index (χ1) is 18.1. The van der Waals surface area contributed by atoms with Crippen LogP contribution in [-0.2, 0) is 6.42 Å². The number of aryl methyl sites for hydroxylation is 1. The minimum atomic E-state index is -0.350. The highest BCUT2D eigenvalue weighted by Gasteiger charge is 2.34. The molecule has 0 radical (unpaired) electrons. The summed E-state index contributed by atoms with van der Waals surface area (Å²) in [5.74, 6) is 2.16. The van der Waals surface area contributed by atoms with Crippen molar-refractivity contribution in [3.63, 3.8) is 0 Å². The number of nitrogens with zero attached hydrogens (tertiary/aromatic N) is 2. The van der Waals surface area contributed by atoms with Gasteiger partial charge in [0.2, 0.25) is 0 Å². The topological polar surface area (TPSA) is 62.0 Å². The maximum absolute atomic E-state index is 14.0. The molecule has 0 saturated heterocycles. The molecule has 7 heteroatoms. The van der Waals surface area contributed by atoms with E-state index in [4.69, 9.17) is 19.2 Å². The van der Waals surface area contributed by atoms with Crippen LogP contribution < -0.4 is 29.1 Å². The predicted molar refractivity (Wildman–Crippen MR) is 145 cm³/mol. The smallest absolute Gasteiger partial charge is 0.271 e. The largest absolute Gasteiger partial charge is 0.497 e. The number of fused-ring (bicyclic) bond motifs is 3. The normalized spacial score (nSPS) is 16.4. The van der Waals surface area contributed by atoms with Gasteiger partial charge in [0, 0.05) is 11.1 Å². The van der Waals surface area contributed by atoms with Crippen LogP contribution in [0.5, 0.6) is 17.2 Å². The van der Waals surface area contributed by atoms with Crippen LogP contribution in [0.1, 0.15) is 34.7 Å². The number of rotatable bonds is 5. The second-order valence-corrected chi connectivity index (χ2v) is 10.0. The molecule has 1 atom stereocenters. The summed E-state index contributed by atoms with van der Waals surface area (Å²) in [5.41, 5.74) is 6.17. The van der Waals surface area contributed by atoms with Crippen LogP contribution in [0.4, 0.5) is 0 Å². The van der Waals surface area contributed by atoms with E-state index in [0.717, 1.165) is 46.6 Å². The van der Waals surface area contributed by atoms with Gasteiger partial charge in [-0.3, -0.25) is 9.36 Å². The first-order valence-corrected chi connectivity index (χ1v) is 12.9. The molecule has 6 rings (SSSR count). The number of methoxy groups -OCH3 is 3. The van der Waals surface area contributed by atoms with Gasteiger partial charge in [-0.1, -0.05) is 47.7 Å². The molecule has 3 aromatic carbocycles. The lowest BCUT2D eigenvalue weighted by molar-refractivity contribution is 0.392. The third kappa shape index (κ3) is 3.96. The summed E-state index contributed by atoms with van der Waals surface area (Å²) in [5, 5.41) is 0. The van der Waals surface area contributed by atoms with Crippen LogP contribution in [-0.4, -0.2) is 25.9 Å². The molecular formula is C30H26N2O4S. The second kappa shape index (κ2) is 9.41. The first kappa shape index (κ1) is 23.3. The minimum absolute atomic E-state index is 0.0770. The first-order valence-electron chi connectivity index (χ1n) is 12.1. The minimum Gasteiger partial charge on any atom is -0.497 e. The van der Waals surface area contributed by atoms with E-state index in [1.807, 2.05) is 59.2 Å². The van der Waals surface area contributed by atoms with Crippen molar-refractivity contribution < 1.29 is 14.2 Å². The Kier molecular flexibility index (Phi) is 5.93. The summed E-state index contributed by atoms with van der Waals surface area (Å²) >= 11 is 1.40. The lowest BCUT2D eigenvalue weighted by Crippen LogP contribution is -2.39. The number of ether oxygens (including phenoxy) is 3. The Balaban J connectivity index is 1.64. The molecule has 4 aromatic rings. The summed E-state index contributed by atoms with van der Waals surface area (Å²) in [7, 11) is 4.94. The van der Waals surface area contributed by atoms with Gasteiger partial charge < -0.3 is 14.2 Å². The maximum Gasteiger partial charge on any atom is 0.271 e. The highest BCUT2D eigenvalue weighted by molar-refractivity contribution is 7.07. The molecule has 0 bridgehead atoms. The van der Waals surface area contributed by atoms with E-state index in [1.54, 1.807) is 21.3 Å². The molecule has 2 heterocycles. The Morgan fingerprint density at radius 2 is 1.73 bits per heavy atom. The van der Waals surface area contributed by atoms with Crippen LogP contribution >= 0.6 is 11.3 Å². The van der Waals surface area contributed by atoms with E-state index in [9.17, 15) is 4.79 Å². The molecule has 0 saturated carbocycles. The zero-order valence-electron chi connectivity index (χ0n) is 20.9. The Labute approximate surface area is 218 Å². The van der Waals surface area contributed by atoms with Gasteiger partial charge in [-0.05, 0) is 65.9 Å². The molecule has 0 N–H and O–H groups in total. The Morgan fingerprint density at radius 1 is 0.919 bits per heavy atom. The number of allylic oxidation sites excluding steroid dienone is 1. The standard InChI is InChI=1S/C30H26N2O4S/c1-34-20-9-6-7-18(15-20)16-26-29(33)32-28(24-17-21(35-2)12-14-25(24)36-3)23-13-11-19-8-4-5-10-22(19)27(23)31-30(32)37-26/h4-10,12,14-17,28H,11,13H2,1-3H3. The molecule has 1 unspecified atom stereocenters. The van der Waals surface area contributed by atoms with Crippen molar-refractivity contribution in [1.29, 1.82) is 0 Å². The summed E-state index contributed by atoms with van der Waals surface area (Å²) in [4.78, 5) is 19.7. The summed E-state index contributed by atoms with van der Waals surface area (Å²) < 4.78 is 19.2. The molecule has 6 nitrogen and oxygen atoms in total. The number of aromatic nitrogens is 1. The highest BCUT2D eigenvalue weighted by Crippen LogP contribution is 2.44. The van der Waals surface area contributed by atoms with Crippen molar-refractivity contribution in [2.24, 2.45) is 4.99 Å². The fourth-order valence-electron chi connectivity index (χ4n) is 5.23. The Hall–Kier alpha value is -4.10. The molecule has 1 aliphatic carbocycles. The van der Waals surface area contributed by atoms with Gasteiger partial charge in [-0.15, -0.1) is 0 Å². The van der Waals surface area contributed by atoms with E-state index in [0.29, 0.717) is 20.8 Å². The lowest BCUT2D eigenvalue weighted by Gasteiger charge is -2.31. The van der Waals surface area contributed by atoms with Crippen LogP contribution in [0.3, 0.4) is 0 Å². The van der Waals surface area contributed by atoms with Crippen molar-refractivity contribution in [2.75, 3.05) is 21.3 Å². The van der Waals surface area contributed by atoms with Crippen molar-refractivity contribution in [3.05, 3.63) is 114 Å². The van der Waals surface area contributed by atoms with Crippen LogP contribution in [0.15, 0.2) is 82.1 Å². The van der Waals surface area contributed by atoms with Crippen molar-refractivity contribution >= 4 is 23.1 Å². The number of hydrogen-bond acceptors (Lipinski definition) is 6. The highest BCUT2D eigenvalue weighted by atomic mass is 32.1. The van der Waals surface area contributed by atoms with Gasteiger partial charge in [0.25, 0.3) is 5.56 Å². The van der Waals surface area contributed by atoms with E-state index >= 15 is 0 Å². The average molecular weight is 511 g/mol. The molecule has 186 valence electrons. The summed E-state index contributed by atoms with van der Waals surface area (Å²) in [6.45, 7) is 0. The van der Waals surface area contributed by atoms with Crippen molar-refractivity contribution in [2.45, 2.75) is 18.9 Å². The number of hydrogen-bond donors (Lipinski definition) is 0. The zero-order chi connectivity index (χ0) is 25.5. The fourth-order valence-corrected chi connectivity index (χ4v) is 6.24. The van der Waals surface area contributed by atoms with Crippen LogP contribution in [0.2, 0.25) is 0 Å². The SMILES string of the molecule is COc1cccc(C=c2sc3n(c2=O)C(c2cc(OC)ccc2OC)C2=C(N=3)c3ccccc3CC2)c1. The molecule has 1 aliphatic heterocycles. The lowest BCUT2D eigenvalue weighted by atomic mass is 9.83. The van der Waals surface area contributed by atoms with Gasteiger partial charge >= 0.3 is 0 Å². The number of benzene rings is 3. The Morgan fingerprint density at radius 3 is 2.54 bits per heavy atom. The van der Waals surface area contributed by atoms with E-state index in [1.165, 1.54) is 16.9 Å². The maximum atomic E-state index is 14.0. The molecule has 37 heavy (non-hydrogen) atoms. The fraction of sp³-hybridized carbons (Fsp3) is 0.200. The van der Waals surface area contributed by atoms with Gasteiger partial charge in [0.05, 0.1) is 37.6 Å².